The summed E-state index contributed by atoms with van der Waals surface area (Å²) in [4.78, 5) is 0. The van der Waals surface area contributed by atoms with E-state index in [4.69, 9.17) is 6.42 Å². The summed E-state index contributed by atoms with van der Waals surface area (Å²) in [5.74, 6) is 1.27. The first-order valence-corrected chi connectivity index (χ1v) is 3.90. The van der Waals surface area contributed by atoms with E-state index in [9.17, 15) is 8.78 Å². The van der Waals surface area contributed by atoms with Gasteiger partial charge in [0.25, 0.3) is 0 Å². The maximum Gasteiger partial charge on any atom is 0.130 e. The second-order valence-corrected chi connectivity index (χ2v) is 3.39. The van der Waals surface area contributed by atoms with Gasteiger partial charge in [-0.05, 0) is 19.9 Å². The van der Waals surface area contributed by atoms with E-state index in [2.05, 4.69) is 5.92 Å². The molecule has 13 heavy (non-hydrogen) atoms. The van der Waals surface area contributed by atoms with Crippen LogP contribution in [0.4, 0.5) is 8.78 Å². The van der Waals surface area contributed by atoms with E-state index >= 15 is 0 Å². The molecular weight excluding hydrogens is 170 g/mol. The summed E-state index contributed by atoms with van der Waals surface area (Å²) in [7, 11) is 0. The summed E-state index contributed by atoms with van der Waals surface area (Å²) >= 11 is 0. The van der Waals surface area contributed by atoms with Crippen LogP contribution in [-0.4, -0.2) is 0 Å². The highest BCUT2D eigenvalue weighted by Crippen LogP contribution is 2.25. The highest BCUT2D eigenvalue weighted by atomic mass is 19.1. The van der Waals surface area contributed by atoms with Crippen LogP contribution >= 0.6 is 0 Å². The average molecular weight is 180 g/mol. The molecule has 0 atom stereocenters. The van der Waals surface area contributed by atoms with Gasteiger partial charge in [0.05, 0.1) is 5.41 Å². The Morgan fingerprint density at radius 3 is 2.38 bits per heavy atom. The van der Waals surface area contributed by atoms with E-state index in [1.165, 1.54) is 12.1 Å². The first-order chi connectivity index (χ1) is 5.97. The lowest BCUT2D eigenvalue weighted by Crippen LogP contribution is -2.16. The standard InChI is InChI=1S/C11H10F2/c1-4-11(2,3)9-6-5-8(12)7-10(9)13/h1,5-7H,2-3H3. The van der Waals surface area contributed by atoms with E-state index < -0.39 is 17.0 Å². The van der Waals surface area contributed by atoms with Crippen molar-refractivity contribution in [2.45, 2.75) is 19.3 Å². The van der Waals surface area contributed by atoms with E-state index in [0.29, 0.717) is 5.56 Å². The minimum Gasteiger partial charge on any atom is -0.207 e. The van der Waals surface area contributed by atoms with Crippen molar-refractivity contribution in [1.82, 2.24) is 0 Å². The van der Waals surface area contributed by atoms with Crippen LogP contribution in [0.3, 0.4) is 0 Å². The zero-order chi connectivity index (χ0) is 10.1. The monoisotopic (exact) mass is 180 g/mol. The van der Waals surface area contributed by atoms with Crippen molar-refractivity contribution in [1.29, 1.82) is 0 Å². The van der Waals surface area contributed by atoms with Crippen molar-refractivity contribution in [2.24, 2.45) is 0 Å². The number of hydrogen-bond donors (Lipinski definition) is 0. The molecule has 68 valence electrons. The van der Waals surface area contributed by atoms with Crippen LogP contribution in [0.15, 0.2) is 18.2 Å². The lowest BCUT2D eigenvalue weighted by atomic mass is 9.85. The third-order valence-electron chi connectivity index (χ3n) is 1.97. The first kappa shape index (κ1) is 9.73. The maximum atomic E-state index is 13.2. The highest BCUT2D eigenvalue weighted by molar-refractivity contribution is 5.33. The summed E-state index contributed by atoms with van der Waals surface area (Å²) in [6.45, 7) is 3.42. The van der Waals surface area contributed by atoms with Crippen molar-refractivity contribution in [3.63, 3.8) is 0 Å². The normalized spacial score (nSPS) is 11.0. The Kier molecular flexibility index (Phi) is 2.38. The van der Waals surface area contributed by atoms with E-state index in [1.807, 2.05) is 0 Å². The number of halogens is 2. The number of rotatable bonds is 1. The third kappa shape index (κ3) is 1.86. The average Bonchev–Trinajstić information content (AvgIpc) is 2.03. The second-order valence-electron chi connectivity index (χ2n) is 3.39. The molecule has 0 fully saturated rings. The zero-order valence-corrected chi connectivity index (χ0v) is 7.57. The molecule has 1 aromatic rings. The van der Waals surface area contributed by atoms with Crippen molar-refractivity contribution in [3.05, 3.63) is 35.4 Å². The summed E-state index contributed by atoms with van der Waals surface area (Å²) < 4.78 is 25.7. The molecule has 0 unspecified atom stereocenters. The van der Waals surface area contributed by atoms with Crippen molar-refractivity contribution >= 4 is 0 Å². The van der Waals surface area contributed by atoms with E-state index in [0.717, 1.165) is 6.07 Å². The molecule has 1 aromatic carbocycles. The lowest BCUT2D eigenvalue weighted by Gasteiger charge is -2.18. The SMILES string of the molecule is C#CC(C)(C)c1ccc(F)cc1F. The largest absolute Gasteiger partial charge is 0.207 e. The molecule has 0 saturated carbocycles. The Morgan fingerprint density at radius 2 is 1.92 bits per heavy atom. The molecule has 2 heteroatoms. The molecule has 0 spiro atoms. The molecule has 0 aliphatic rings. The fraction of sp³-hybridized carbons (Fsp3) is 0.273. The minimum atomic E-state index is -0.697. The third-order valence-corrected chi connectivity index (χ3v) is 1.97. The van der Waals surface area contributed by atoms with Crippen LogP contribution in [-0.2, 0) is 5.41 Å². The molecular formula is C11H10F2. The molecule has 0 nitrogen and oxygen atoms in total. The predicted molar refractivity (Wildman–Crippen MR) is 48.2 cm³/mol. The fourth-order valence-electron chi connectivity index (χ4n) is 1.07. The quantitative estimate of drug-likeness (QED) is 0.583. The van der Waals surface area contributed by atoms with E-state index in [-0.39, 0.29) is 0 Å². The molecule has 0 radical (unpaired) electrons. The molecule has 1 rings (SSSR count). The smallest absolute Gasteiger partial charge is 0.130 e. The summed E-state index contributed by atoms with van der Waals surface area (Å²) in [5, 5.41) is 0. The topological polar surface area (TPSA) is 0 Å². The first-order valence-electron chi connectivity index (χ1n) is 3.90. The number of terminal acetylenes is 1. The second kappa shape index (κ2) is 3.18. The molecule has 0 amide bonds. The Labute approximate surface area is 76.6 Å². The predicted octanol–water partition coefficient (Wildman–Crippen LogP) is 2.88. The van der Waals surface area contributed by atoms with Crippen LogP contribution in [0.25, 0.3) is 0 Å². The molecule has 0 aliphatic carbocycles. The molecule has 0 aliphatic heterocycles. The Bertz CT molecular complexity index is 359. The van der Waals surface area contributed by atoms with Gasteiger partial charge in [-0.2, -0.15) is 0 Å². The summed E-state index contributed by atoms with van der Waals surface area (Å²) in [6, 6.07) is 3.43. The maximum absolute atomic E-state index is 13.2. The van der Waals surface area contributed by atoms with Crippen molar-refractivity contribution in [3.8, 4) is 12.3 Å². The van der Waals surface area contributed by atoms with Gasteiger partial charge in [0, 0.05) is 11.6 Å². The van der Waals surface area contributed by atoms with Crippen molar-refractivity contribution < 1.29 is 8.78 Å². The van der Waals surface area contributed by atoms with Crippen molar-refractivity contribution in [2.75, 3.05) is 0 Å². The molecule has 0 saturated heterocycles. The van der Waals surface area contributed by atoms with Gasteiger partial charge in [-0.15, -0.1) is 6.42 Å². The molecule has 0 heterocycles. The van der Waals surface area contributed by atoms with Crippen LogP contribution < -0.4 is 0 Å². The van der Waals surface area contributed by atoms with Gasteiger partial charge >= 0.3 is 0 Å². The summed E-state index contributed by atoms with van der Waals surface area (Å²) in [6.07, 6.45) is 5.23. The van der Waals surface area contributed by atoms with E-state index in [1.54, 1.807) is 13.8 Å². The molecule has 0 aromatic heterocycles. The lowest BCUT2D eigenvalue weighted by molar-refractivity contribution is 0.545. The highest BCUT2D eigenvalue weighted by Gasteiger charge is 2.21. The number of hydrogen-bond acceptors (Lipinski definition) is 0. The van der Waals surface area contributed by atoms with Crippen LogP contribution in [0.1, 0.15) is 19.4 Å². The van der Waals surface area contributed by atoms with Gasteiger partial charge in [-0.25, -0.2) is 8.78 Å². The van der Waals surface area contributed by atoms with Gasteiger partial charge in [0.2, 0.25) is 0 Å². The Morgan fingerprint density at radius 1 is 1.31 bits per heavy atom. The Balaban J connectivity index is 3.26. The van der Waals surface area contributed by atoms with Crippen LogP contribution in [0.2, 0.25) is 0 Å². The zero-order valence-electron chi connectivity index (χ0n) is 7.57. The van der Waals surface area contributed by atoms with Gasteiger partial charge in [0.1, 0.15) is 11.6 Å². The van der Waals surface area contributed by atoms with Gasteiger partial charge < -0.3 is 0 Å². The summed E-state index contributed by atoms with van der Waals surface area (Å²) in [5.41, 5.74) is -0.353. The van der Waals surface area contributed by atoms with Gasteiger partial charge in [-0.1, -0.05) is 12.0 Å². The van der Waals surface area contributed by atoms with Crippen LogP contribution in [0, 0.1) is 24.0 Å². The minimum absolute atomic E-state index is 0.344. The van der Waals surface area contributed by atoms with Gasteiger partial charge in [0.15, 0.2) is 0 Å². The van der Waals surface area contributed by atoms with Crippen LogP contribution in [0.5, 0.6) is 0 Å². The fourth-order valence-corrected chi connectivity index (χ4v) is 1.07. The molecule has 0 bridgehead atoms. The Hall–Kier alpha value is -1.36. The van der Waals surface area contributed by atoms with Gasteiger partial charge in [-0.3, -0.25) is 0 Å². The molecule has 0 N–H and O–H groups in total. The number of benzene rings is 1.